The van der Waals surface area contributed by atoms with Gasteiger partial charge in [-0.1, -0.05) is 304 Å². The lowest BCUT2D eigenvalue weighted by Gasteiger charge is -2.21. The van der Waals surface area contributed by atoms with Crippen molar-refractivity contribution in [3.63, 3.8) is 0 Å². The zero-order valence-electron chi connectivity index (χ0n) is 56.9. The summed E-state index contributed by atoms with van der Waals surface area (Å²) >= 11 is 0. The lowest BCUT2D eigenvalue weighted by atomic mass is 10.0. The van der Waals surface area contributed by atoms with Crippen molar-refractivity contribution in [2.24, 2.45) is 5.92 Å². The van der Waals surface area contributed by atoms with E-state index in [4.69, 9.17) is 37.0 Å². The highest BCUT2D eigenvalue weighted by Gasteiger charge is 2.30. The summed E-state index contributed by atoms with van der Waals surface area (Å²) in [5, 5.41) is 10.6. The zero-order valence-corrected chi connectivity index (χ0v) is 58.6. The van der Waals surface area contributed by atoms with E-state index in [1.165, 1.54) is 180 Å². The number of rotatable bonds is 69. The van der Waals surface area contributed by atoms with Crippen LogP contribution in [0, 0.1) is 5.92 Å². The van der Waals surface area contributed by atoms with Crippen LogP contribution in [0.4, 0.5) is 0 Å². The van der Waals surface area contributed by atoms with Gasteiger partial charge in [0.15, 0.2) is 12.2 Å². The summed E-state index contributed by atoms with van der Waals surface area (Å²) in [5.41, 5.74) is 0. The average Bonchev–Trinajstić information content (AvgIpc) is 3.70. The molecule has 17 nitrogen and oxygen atoms in total. The van der Waals surface area contributed by atoms with E-state index in [1.807, 2.05) is 0 Å². The van der Waals surface area contributed by atoms with E-state index in [0.717, 1.165) is 95.8 Å². The van der Waals surface area contributed by atoms with Gasteiger partial charge in [0, 0.05) is 25.7 Å². The van der Waals surface area contributed by atoms with Gasteiger partial charge in [-0.15, -0.1) is 0 Å². The van der Waals surface area contributed by atoms with Crippen LogP contribution >= 0.6 is 15.6 Å². The Morgan fingerprint density at radius 2 is 0.523 bits per heavy atom. The fourth-order valence-electron chi connectivity index (χ4n) is 10.5. The molecule has 19 heteroatoms. The molecule has 0 aliphatic heterocycles. The van der Waals surface area contributed by atoms with Crippen LogP contribution in [-0.2, 0) is 65.4 Å². The number of ether oxygens (including phenoxy) is 4. The van der Waals surface area contributed by atoms with Crippen LogP contribution < -0.4 is 0 Å². The predicted octanol–water partition coefficient (Wildman–Crippen LogP) is 19.7. The molecule has 88 heavy (non-hydrogen) atoms. The number of aliphatic hydroxyl groups excluding tert-OH is 1. The molecule has 3 N–H and O–H groups in total. The third-order valence-corrected chi connectivity index (χ3v) is 17.9. The van der Waals surface area contributed by atoms with E-state index < -0.39 is 97.5 Å². The first-order valence-electron chi connectivity index (χ1n) is 36.1. The van der Waals surface area contributed by atoms with E-state index >= 15 is 0 Å². The third kappa shape index (κ3) is 62.8. The summed E-state index contributed by atoms with van der Waals surface area (Å²) in [5.74, 6) is -1.40. The SMILES string of the molecule is CCCCCCCCCCCCCCCCCCCC(=O)O[C@H](COC(=O)CCCCCCCCCCC(C)C)COP(=O)(O)OC[C@@H](O)COP(=O)(O)OC[C@@H](COC(=O)CCCCCCCCCCCC)OC(=O)CCCCCCCCCCCC. The van der Waals surface area contributed by atoms with Gasteiger partial charge in [-0.3, -0.25) is 37.3 Å². The van der Waals surface area contributed by atoms with E-state index in [9.17, 15) is 43.2 Å². The normalized spacial score (nSPS) is 14.1. The van der Waals surface area contributed by atoms with E-state index in [-0.39, 0.29) is 25.7 Å². The molecule has 0 fully saturated rings. The summed E-state index contributed by atoms with van der Waals surface area (Å²) in [4.78, 5) is 72.4. The number of esters is 4. The van der Waals surface area contributed by atoms with Crippen molar-refractivity contribution in [3.8, 4) is 0 Å². The summed E-state index contributed by atoms with van der Waals surface area (Å²) < 4.78 is 68.2. The van der Waals surface area contributed by atoms with Crippen molar-refractivity contribution in [1.29, 1.82) is 0 Å². The van der Waals surface area contributed by atoms with Crippen LogP contribution in [0.2, 0.25) is 0 Å². The fraction of sp³-hybridized carbons (Fsp3) is 0.942. The number of unbranched alkanes of at least 4 members (excludes halogenated alkanes) is 41. The second-order valence-corrected chi connectivity index (χ2v) is 28.3. The van der Waals surface area contributed by atoms with Gasteiger partial charge in [0.25, 0.3) is 0 Å². The largest absolute Gasteiger partial charge is 0.472 e. The molecule has 0 aromatic carbocycles. The number of phosphoric ester groups is 2. The molecule has 0 aromatic rings. The standard InChI is InChI=1S/C69H134O17P2/c1-6-9-12-15-18-21-24-25-26-27-28-29-30-33-40-45-50-55-69(74)86-65(59-80-67(72)53-48-43-38-35-34-36-41-46-51-62(4)5)61-84-88(77,78)82-57-63(70)56-81-87(75,76)83-60-64(85-68(73)54-49-44-39-32-23-20-17-14-11-8-3)58-79-66(71)52-47-42-37-31-22-19-16-13-10-7-2/h62-65,70H,6-61H2,1-5H3,(H,75,76)(H,77,78)/t63-,64+,65+/m0/s1. The molecule has 0 rings (SSSR count). The summed E-state index contributed by atoms with van der Waals surface area (Å²) in [6.07, 6.45) is 48.5. The smallest absolute Gasteiger partial charge is 0.462 e. The number of carbonyl (C=O) groups excluding carboxylic acids is 4. The first-order valence-corrected chi connectivity index (χ1v) is 39.1. The Balaban J connectivity index is 5.21. The maximum Gasteiger partial charge on any atom is 0.472 e. The molecule has 0 saturated carbocycles. The minimum absolute atomic E-state index is 0.107. The average molecular weight is 1300 g/mol. The highest BCUT2D eigenvalue weighted by Crippen LogP contribution is 2.45. The van der Waals surface area contributed by atoms with Gasteiger partial charge in [-0.2, -0.15) is 0 Å². The quantitative estimate of drug-likeness (QED) is 0.0222. The summed E-state index contributed by atoms with van der Waals surface area (Å²) in [7, 11) is -9.89. The molecule has 0 spiro atoms. The molecule has 522 valence electrons. The van der Waals surface area contributed by atoms with Crippen LogP contribution in [0.15, 0.2) is 0 Å². The van der Waals surface area contributed by atoms with Gasteiger partial charge >= 0.3 is 39.5 Å². The van der Waals surface area contributed by atoms with E-state index in [2.05, 4.69) is 34.6 Å². The Labute approximate surface area is 537 Å². The molecule has 0 aliphatic rings. The van der Waals surface area contributed by atoms with Crippen LogP contribution in [0.3, 0.4) is 0 Å². The number of carbonyl (C=O) groups is 4. The van der Waals surface area contributed by atoms with Gasteiger partial charge < -0.3 is 33.8 Å². The Bertz CT molecular complexity index is 1700. The molecule has 5 atom stereocenters. The maximum absolute atomic E-state index is 13.0. The van der Waals surface area contributed by atoms with E-state index in [0.29, 0.717) is 25.7 Å². The van der Waals surface area contributed by atoms with Gasteiger partial charge in [0.05, 0.1) is 26.4 Å². The van der Waals surface area contributed by atoms with Crippen molar-refractivity contribution in [1.82, 2.24) is 0 Å². The van der Waals surface area contributed by atoms with Crippen molar-refractivity contribution in [2.75, 3.05) is 39.6 Å². The minimum Gasteiger partial charge on any atom is -0.462 e. The Hall–Kier alpha value is -1.94. The van der Waals surface area contributed by atoms with Gasteiger partial charge in [-0.25, -0.2) is 9.13 Å². The van der Waals surface area contributed by atoms with Crippen molar-refractivity contribution in [3.05, 3.63) is 0 Å². The number of hydrogen-bond acceptors (Lipinski definition) is 15. The second kappa shape index (κ2) is 62.5. The highest BCUT2D eigenvalue weighted by molar-refractivity contribution is 7.47. The minimum atomic E-state index is -4.95. The van der Waals surface area contributed by atoms with Gasteiger partial charge in [0.2, 0.25) is 0 Å². The molecule has 0 radical (unpaired) electrons. The Morgan fingerprint density at radius 3 is 0.773 bits per heavy atom. The lowest BCUT2D eigenvalue weighted by molar-refractivity contribution is -0.161. The summed E-state index contributed by atoms with van der Waals surface area (Å²) in [6.45, 7) is 7.19. The number of aliphatic hydroxyl groups is 1. The van der Waals surface area contributed by atoms with E-state index in [1.54, 1.807) is 0 Å². The predicted molar refractivity (Wildman–Crippen MR) is 354 cm³/mol. The Kier molecular flexibility index (Phi) is 61.1. The molecule has 0 saturated heterocycles. The van der Waals surface area contributed by atoms with Gasteiger partial charge in [-0.05, 0) is 31.6 Å². The molecular formula is C69H134O17P2. The van der Waals surface area contributed by atoms with Crippen LogP contribution in [0.25, 0.3) is 0 Å². The van der Waals surface area contributed by atoms with Gasteiger partial charge in [0.1, 0.15) is 19.3 Å². The number of hydrogen-bond donors (Lipinski definition) is 3. The third-order valence-electron chi connectivity index (χ3n) is 16.0. The highest BCUT2D eigenvalue weighted by atomic mass is 31.2. The monoisotopic (exact) mass is 1300 g/mol. The zero-order chi connectivity index (χ0) is 64.9. The first-order chi connectivity index (χ1) is 42.5. The van der Waals surface area contributed by atoms with Crippen LogP contribution in [0.1, 0.15) is 356 Å². The fourth-order valence-corrected chi connectivity index (χ4v) is 12.0. The summed E-state index contributed by atoms with van der Waals surface area (Å²) in [6, 6.07) is 0. The molecule has 0 aromatic heterocycles. The second-order valence-electron chi connectivity index (χ2n) is 25.4. The molecular weight excluding hydrogens is 1160 g/mol. The van der Waals surface area contributed by atoms with Crippen molar-refractivity contribution in [2.45, 2.75) is 374 Å². The molecule has 0 aliphatic carbocycles. The number of phosphoric acid groups is 2. The van der Waals surface area contributed by atoms with Crippen LogP contribution in [-0.4, -0.2) is 96.7 Å². The molecule has 2 unspecified atom stereocenters. The maximum atomic E-state index is 13.0. The molecule has 0 bridgehead atoms. The topological polar surface area (TPSA) is 237 Å². The lowest BCUT2D eigenvalue weighted by Crippen LogP contribution is -2.30. The van der Waals surface area contributed by atoms with Crippen LogP contribution in [0.5, 0.6) is 0 Å². The Morgan fingerprint density at radius 1 is 0.307 bits per heavy atom. The molecule has 0 heterocycles. The van der Waals surface area contributed by atoms with Crippen molar-refractivity contribution >= 4 is 39.5 Å². The molecule has 0 amide bonds. The van der Waals surface area contributed by atoms with Crippen molar-refractivity contribution < 1.29 is 80.2 Å². The first kappa shape index (κ1) is 86.1.